The molecule has 0 unspecified atom stereocenters. The molecule has 6 rings (SSSR count). The minimum atomic E-state index is -1.14. The molecule has 0 aliphatic carbocycles. The molecule has 0 saturated heterocycles. The summed E-state index contributed by atoms with van der Waals surface area (Å²) in [6.45, 7) is 0. The van der Waals surface area contributed by atoms with E-state index in [1.54, 1.807) is 121 Å². The number of benzene rings is 6. The number of rotatable bonds is 12. The van der Waals surface area contributed by atoms with Crippen molar-refractivity contribution in [2.24, 2.45) is 0 Å². The molecule has 0 saturated carbocycles. The average molecular weight is 949 g/mol. The van der Waals surface area contributed by atoms with Crippen molar-refractivity contribution < 1.29 is 111 Å². The third kappa shape index (κ3) is 17.1. The smallest absolute Gasteiger partial charge is 0.550 e. The number of halogens is 6. The first-order valence-electron chi connectivity index (χ1n) is 16.7. The summed E-state index contributed by atoms with van der Waals surface area (Å²) in [5.74, 6) is -3.17. The number of anilines is 6. The topological polar surface area (TPSA) is 154 Å². The number of carboxylic acids is 3. The van der Waals surface area contributed by atoms with Crippen molar-refractivity contribution in [3.05, 3.63) is 174 Å². The van der Waals surface area contributed by atoms with Crippen LogP contribution in [0.1, 0.15) is 16.7 Å². The number of hydrogen-bond donors (Lipinski definition) is 4. The van der Waals surface area contributed by atoms with Gasteiger partial charge in [-0.15, -0.1) is 0 Å². The van der Waals surface area contributed by atoms with Gasteiger partial charge in [-0.3, -0.25) is 4.79 Å². The second-order valence-electron chi connectivity index (χ2n) is 11.8. The van der Waals surface area contributed by atoms with Gasteiger partial charge in [-0.2, -0.15) is 0 Å². The number of hydrogen-bond acceptors (Lipinski definition) is 8. The predicted molar refractivity (Wildman–Crippen MR) is 227 cm³/mol. The van der Waals surface area contributed by atoms with Gasteiger partial charge in [0.2, 0.25) is 0 Å². The van der Waals surface area contributed by atoms with E-state index >= 15 is 0 Å². The maximum Gasteiger partial charge on any atom is 1.00 e. The maximum absolute atomic E-state index is 10.8. The van der Waals surface area contributed by atoms with Crippen molar-refractivity contribution in [3.8, 4) is 0 Å². The molecule has 0 fully saturated rings. The summed E-state index contributed by atoms with van der Waals surface area (Å²) in [6, 6.07) is 36.7. The molecule has 0 bridgehead atoms. The Morgan fingerprint density at radius 3 is 0.898 bits per heavy atom. The van der Waals surface area contributed by atoms with Crippen LogP contribution in [0.2, 0.25) is 30.1 Å². The van der Waals surface area contributed by atoms with Crippen molar-refractivity contribution >= 4 is 122 Å². The monoisotopic (exact) mass is 945 g/mol. The Kier molecular flexibility index (Phi) is 23.9. The van der Waals surface area contributed by atoms with Gasteiger partial charge in [-0.25, -0.2) is 0 Å². The molecule has 17 heteroatoms. The average Bonchev–Trinajstić information content (AvgIpc) is 3.15. The van der Waals surface area contributed by atoms with Gasteiger partial charge in [0.1, 0.15) is 0 Å². The van der Waals surface area contributed by atoms with E-state index in [-0.39, 0.29) is 100 Å². The molecule has 0 aliphatic heterocycles. The second kappa shape index (κ2) is 26.8. The first-order chi connectivity index (χ1) is 27.2. The number of carbonyl (C=O) groups excluding carboxylic acids is 2. The Bertz CT molecular complexity index is 2060. The van der Waals surface area contributed by atoms with E-state index in [2.05, 4.69) is 16.0 Å². The van der Waals surface area contributed by atoms with Gasteiger partial charge in [0.15, 0.2) is 0 Å². The minimum absolute atomic E-state index is 0. The van der Waals surface area contributed by atoms with Crippen LogP contribution in [-0.2, 0) is 33.6 Å². The summed E-state index contributed by atoms with van der Waals surface area (Å²) >= 11 is 36.4. The summed E-state index contributed by atoms with van der Waals surface area (Å²) < 4.78 is 0. The molecule has 0 heterocycles. The molecule has 6 aromatic rings. The summed E-state index contributed by atoms with van der Waals surface area (Å²) in [7, 11) is 0. The molecule has 9 nitrogen and oxygen atoms in total. The molecule has 0 spiro atoms. The summed E-state index contributed by atoms with van der Waals surface area (Å²) in [6.07, 6.45) is -0.415. The first kappa shape index (κ1) is 52.6. The summed E-state index contributed by atoms with van der Waals surface area (Å²) in [4.78, 5) is 32.3. The van der Waals surface area contributed by atoms with E-state index in [9.17, 15) is 24.6 Å². The van der Waals surface area contributed by atoms with Gasteiger partial charge in [-0.05, 0) is 71.3 Å². The van der Waals surface area contributed by atoms with Gasteiger partial charge in [-0.1, -0.05) is 142 Å². The normalized spacial score (nSPS) is 9.86. The third-order valence-electron chi connectivity index (χ3n) is 7.73. The number of nitrogens with one attached hydrogen (secondary N) is 3. The zero-order valence-corrected chi connectivity index (χ0v) is 41.2. The van der Waals surface area contributed by atoms with Crippen molar-refractivity contribution in [1.29, 1.82) is 0 Å². The van der Waals surface area contributed by atoms with Crippen LogP contribution in [-0.4, -0.2) is 23.0 Å². The molecule has 6 aromatic carbocycles. The Hall–Kier alpha value is -2.49. The minimum Gasteiger partial charge on any atom is -0.550 e. The van der Waals surface area contributed by atoms with Crippen LogP contribution in [0, 0.1) is 0 Å². The Morgan fingerprint density at radius 1 is 0.424 bits per heavy atom. The third-order valence-corrected chi connectivity index (χ3v) is 9.62. The maximum atomic E-state index is 10.8. The summed E-state index contributed by atoms with van der Waals surface area (Å²) in [5, 5.41) is 42.4. The molecule has 0 atom stereocenters. The van der Waals surface area contributed by atoms with Crippen LogP contribution >= 0.6 is 69.6 Å². The first-order valence-corrected chi connectivity index (χ1v) is 19.0. The van der Waals surface area contributed by atoms with Crippen LogP contribution < -0.4 is 107 Å². The van der Waals surface area contributed by atoms with E-state index in [0.717, 1.165) is 0 Å². The summed E-state index contributed by atoms with van der Waals surface area (Å²) in [5.41, 5.74) is 5.53. The molecule has 0 aliphatic rings. The Morgan fingerprint density at radius 2 is 0.661 bits per heavy atom. The van der Waals surface area contributed by atoms with Gasteiger partial charge in [0.25, 0.3) is 0 Å². The number of carboxylic acid groups (broad SMARTS) is 3. The van der Waals surface area contributed by atoms with Gasteiger partial charge in [0.05, 0.1) is 53.6 Å². The fraction of sp³-hybridized carbons (Fsp3) is 0.0714. The standard InChI is InChI=1S/3C14H11Cl2NO2.K.Na/c3*15-10-5-3-6-11(16)14(10)17-12-7-2-1-4-9(12)8-13(18)19;;/h3*1-7,17H,8H2,(H,18,19);;/q;;;2*+1/p-2. The number of para-hydroxylation sites is 6. The molecule has 4 N–H and O–H groups in total. The van der Waals surface area contributed by atoms with Crippen LogP contribution in [0.4, 0.5) is 34.1 Å². The van der Waals surface area contributed by atoms with E-state index in [4.69, 9.17) is 74.7 Å². The molecule has 0 amide bonds. The van der Waals surface area contributed by atoms with E-state index in [1.807, 2.05) is 6.07 Å². The van der Waals surface area contributed by atoms with Crippen LogP contribution in [0.25, 0.3) is 0 Å². The van der Waals surface area contributed by atoms with Crippen LogP contribution in [0.15, 0.2) is 127 Å². The van der Waals surface area contributed by atoms with Crippen molar-refractivity contribution in [3.63, 3.8) is 0 Å². The van der Waals surface area contributed by atoms with Crippen LogP contribution in [0.5, 0.6) is 0 Å². The molecular formula is C42H31Cl6KN3NaO6. The second-order valence-corrected chi connectivity index (χ2v) is 14.2. The molecule has 59 heavy (non-hydrogen) atoms. The van der Waals surface area contributed by atoms with Crippen molar-refractivity contribution in [2.75, 3.05) is 16.0 Å². The Balaban J connectivity index is 0.000000300. The molecule has 0 radical (unpaired) electrons. The number of carbonyl (C=O) groups is 3. The van der Waals surface area contributed by atoms with Gasteiger partial charge >= 0.3 is 86.9 Å². The van der Waals surface area contributed by atoms with Gasteiger partial charge in [0, 0.05) is 41.8 Å². The van der Waals surface area contributed by atoms with E-state index < -0.39 is 17.9 Å². The fourth-order valence-electron chi connectivity index (χ4n) is 5.12. The SMILES string of the molecule is O=C(O)Cc1ccccc1Nc1c(Cl)cccc1Cl.O=C([O-])Cc1ccccc1Nc1c(Cl)cccc1Cl.O=C([O-])Cc1ccccc1Nc1c(Cl)cccc1Cl.[K+].[Na+]. The predicted octanol–water partition coefficient (Wildman–Crippen LogP) is 4.43. The molecule has 294 valence electrons. The zero-order valence-electron chi connectivity index (χ0n) is 31.5. The molecule has 0 aromatic heterocycles. The quantitative estimate of drug-likeness (QED) is 0.131. The Labute approximate surface area is 436 Å². The van der Waals surface area contributed by atoms with Crippen molar-refractivity contribution in [1.82, 2.24) is 0 Å². The largest absolute Gasteiger partial charge is 1.00 e. The van der Waals surface area contributed by atoms with E-state index in [0.29, 0.717) is 81.0 Å². The van der Waals surface area contributed by atoms with E-state index in [1.165, 1.54) is 0 Å². The van der Waals surface area contributed by atoms with Crippen LogP contribution in [0.3, 0.4) is 0 Å². The fourth-order valence-corrected chi connectivity index (χ4v) is 6.59. The molecular weight excluding hydrogens is 917 g/mol. The van der Waals surface area contributed by atoms with Gasteiger partial charge < -0.3 is 40.9 Å². The zero-order chi connectivity index (χ0) is 41.5. The van der Waals surface area contributed by atoms with Crippen molar-refractivity contribution in [2.45, 2.75) is 19.3 Å². The number of aliphatic carboxylic acids is 3.